The van der Waals surface area contributed by atoms with Crippen molar-refractivity contribution in [2.24, 2.45) is 0 Å². The first-order valence-electron chi connectivity index (χ1n) is 5.60. The summed E-state index contributed by atoms with van der Waals surface area (Å²) in [6, 6.07) is 3.17. The molecule has 2 N–H and O–H groups in total. The topological polar surface area (TPSA) is 109 Å². The molecule has 9 heteroatoms. The number of halogens is 1. The lowest BCUT2D eigenvalue weighted by Crippen LogP contribution is -2.02. The molecule has 0 radical (unpaired) electrons. The van der Waals surface area contributed by atoms with Gasteiger partial charge in [0.1, 0.15) is 22.2 Å². The van der Waals surface area contributed by atoms with Gasteiger partial charge in [-0.15, -0.1) is 0 Å². The van der Waals surface area contributed by atoms with Crippen LogP contribution in [0.2, 0.25) is 0 Å². The van der Waals surface area contributed by atoms with Crippen LogP contribution in [0.25, 0.3) is 11.3 Å². The number of aromatic amines is 1. The zero-order valence-corrected chi connectivity index (χ0v) is 11.9. The lowest BCUT2D eigenvalue weighted by Gasteiger charge is -2.09. The first-order chi connectivity index (χ1) is 9.74. The molecule has 0 aliphatic rings. The quantitative estimate of drug-likeness (QED) is 0.881. The van der Waals surface area contributed by atoms with Crippen molar-refractivity contribution in [1.82, 2.24) is 10.2 Å². The summed E-state index contributed by atoms with van der Waals surface area (Å²) in [6.07, 6.45) is 0.877. The summed E-state index contributed by atoms with van der Waals surface area (Å²) < 4.78 is 41.9. The second-order valence-electron chi connectivity index (χ2n) is 4.23. The molecule has 0 aliphatic heterocycles. The molecule has 1 aromatic carbocycles. The first-order valence-corrected chi connectivity index (χ1v) is 7.50. The summed E-state index contributed by atoms with van der Waals surface area (Å²) in [4.78, 5) is 10.3. The van der Waals surface area contributed by atoms with Crippen LogP contribution in [0.4, 0.5) is 4.39 Å². The summed E-state index contributed by atoms with van der Waals surface area (Å²) in [6.45, 7) is 0. The SMILES string of the molecule is COc1cc(S(C)(=O)=O)c(F)cc1-c1cc(C(=O)O)[nH]n1. The fraction of sp³-hybridized carbons (Fsp3) is 0.167. The predicted octanol–water partition coefficient (Wildman–Crippen LogP) is 1.33. The molecule has 0 unspecified atom stereocenters. The van der Waals surface area contributed by atoms with Crippen LogP contribution in [0, 0.1) is 5.82 Å². The van der Waals surface area contributed by atoms with Crippen molar-refractivity contribution in [2.45, 2.75) is 4.90 Å². The molecule has 21 heavy (non-hydrogen) atoms. The smallest absolute Gasteiger partial charge is 0.353 e. The van der Waals surface area contributed by atoms with Crippen LogP contribution in [0.15, 0.2) is 23.1 Å². The Balaban J connectivity index is 2.63. The number of nitrogens with one attached hydrogen (secondary N) is 1. The van der Waals surface area contributed by atoms with Crippen molar-refractivity contribution in [1.29, 1.82) is 0 Å². The first kappa shape index (κ1) is 15.0. The summed E-state index contributed by atoms with van der Waals surface area (Å²) in [5.74, 6) is -2.12. The Bertz CT molecular complexity index is 813. The monoisotopic (exact) mass is 314 g/mol. The van der Waals surface area contributed by atoms with Crippen molar-refractivity contribution in [2.75, 3.05) is 13.4 Å². The highest BCUT2D eigenvalue weighted by Crippen LogP contribution is 2.33. The zero-order valence-electron chi connectivity index (χ0n) is 11.0. The summed E-state index contributed by atoms with van der Waals surface area (Å²) >= 11 is 0. The average molecular weight is 314 g/mol. The number of carboxylic acids is 1. The third kappa shape index (κ3) is 2.87. The Morgan fingerprint density at radius 1 is 1.38 bits per heavy atom. The minimum Gasteiger partial charge on any atom is -0.496 e. The van der Waals surface area contributed by atoms with E-state index in [1.165, 1.54) is 13.2 Å². The highest BCUT2D eigenvalue weighted by molar-refractivity contribution is 7.90. The Morgan fingerprint density at radius 3 is 2.52 bits per heavy atom. The Labute approximate surface area is 119 Å². The molecule has 112 valence electrons. The van der Waals surface area contributed by atoms with Gasteiger partial charge in [0.15, 0.2) is 9.84 Å². The lowest BCUT2D eigenvalue weighted by molar-refractivity contribution is 0.0690. The fourth-order valence-electron chi connectivity index (χ4n) is 1.76. The average Bonchev–Trinajstić information content (AvgIpc) is 2.86. The van der Waals surface area contributed by atoms with Crippen molar-refractivity contribution >= 4 is 15.8 Å². The van der Waals surface area contributed by atoms with E-state index in [2.05, 4.69) is 10.2 Å². The van der Waals surface area contributed by atoms with Crippen LogP contribution < -0.4 is 4.74 Å². The minimum atomic E-state index is -3.75. The van der Waals surface area contributed by atoms with Gasteiger partial charge in [-0.3, -0.25) is 5.10 Å². The van der Waals surface area contributed by atoms with E-state index in [4.69, 9.17) is 9.84 Å². The van der Waals surface area contributed by atoms with Gasteiger partial charge in [-0.25, -0.2) is 17.6 Å². The molecule has 1 heterocycles. The van der Waals surface area contributed by atoms with E-state index in [0.29, 0.717) is 0 Å². The van der Waals surface area contributed by atoms with E-state index in [1.807, 2.05) is 0 Å². The second kappa shape index (κ2) is 5.17. The van der Waals surface area contributed by atoms with Gasteiger partial charge in [0, 0.05) is 17.9 Å². The summed E-state index contributed by atoms with van der Waals surface area (Å²) in [5.41, 5.74) is 0.0917. The third-order valence-electron chi connectivity index (χ3n) is 2.74. The summed E-state index contributed by atoms with van der Waals surface area (Å²) in [7, 11) is -2.47. The van der Waals surface area contributed by atoms with E-state index in [0.717, 1.165) is 18.4 Å². The molecule has 0 saturated heterocycles. The largest absolute Gasteiger partial charge is 0.496 e. The molecular weight excluding hydrogens is 303 g/mol. The molecule has 1 aromatic heterocycles. The van der Waals surface area contributed by atoms with Gasteiger partial charge in [0.25, 0.3) is 0 Å². The van der Waals surface area contributed by atoms with Crippen LogP contribution in [-0.2, 0) is 9.84 Å². The van der Waals surface area contributed by atoms with Gasteiger partial charge in [-0.1, -0.05) is 0 Å². The van der Waals surface area contributed by atoms with Crippen LogP contribution in [0.5, 0.6) is 5.75 Å². The van der Waals surface area contributed by atoms with Crippen molar-refractivity contribution < 1.29 is 27.4 Å². The molecule has 2 aromatic rings. The van der Waals surface area contributed by atoms with Gasteiger partial charge in [-0.2, -0.15) is 5.10 Å². The number of carbonyl (C=O) groups is 1. The molecular formula is C12H11FN2O5S. The van der Waals surface area contributed by atoms with Gasteiger partial charge in [0.05, 0.1) is 12.8 Å². The number of ether oxygens (including phenoxy) is 1. The molecule has 2 rings (SSSR count). The van der Waals surface area contributed by atoms with Gasteiger partial charge >= 0.3 is 5.97 Å². The Hall–Kier alpha value is -2.42. The maximum absolute atomic E-state index is 13.9. The minimum absolute atomic E-state index is 0.0697. The molecule has 0 saturated carbocycles. The van der Waals surface area contributed by atoms with Gasteiger partial charge in [0.2, 0.25) is 0 Å². The third-order valence-corrected chi connectivity index (χ3v) is 3.85. The molecule has 0 bridgehead atoms. The van der Waals surface area contributed by atoms with Crippen molar-refractivity contribution in [3.63, 3.8) is 0 Å². The number of benzene rings is 1. The van der Waals surface area contributed by atoms with Crippen molar-refractivity contribution in [3.05, 3.63) is 29.7 Å². The van der Waals surface area contributed by atoms with Gasteiger partial charge < -0.3 is 9.84 Å². The molecule has 0 fully saturated rings. The maximum Gasteiger partial charge on any atom is 0.353 e. The number of nitrogens with zero attached hydrogens (tertiary/aromatic N) is 1. The maximum atomic E-state index is 13.9. The number of hydrogen-bond donors (Lipinski definition) is 2. The Morgan fingerprint density at radius 2 is 2.05 bits per heavy atom. The van der Waals surface area contributed by atoms with E-state index < -0.39 is 26.5 Å². The number of methoxy groups -OCH3 is 1. The zero-order chi connectivity index (χ0) is 15.8. The van der Waals surface area contributed by atoms with Crippen LogP contribution in [-0.4, -0.2) is 43.1 Å². The van der Waals surface area contributed by atoms with Crippen molar-refractivity contribution in [3.8, 4) is 17.0 Å². The number of carboxylic acid groups (broad SMARTS) is 1. The van der Waals surface area contributed by atoms with E-state index >= 15 is 0 Å². The molecule has 0 amide bonds. The van der Waals surface area contributed by atoms with Crippen LogP contribution >= 0.6 is 0 Å². The number of aromatic nitrogens is 2. The van der Waals surface area contributed by atoms with E-state index in [1.54, 1.807) is 0 Å². The molecule has 0 atom stereocenters. The predicted molar refractivity (Wildman–Crippen MR) is 70.6 cm³/mol. The number of sulfone groups is 1. The van der Waals surface area contributed by atoms with Crippen LogP contribution in [0.1, 0.15) is 10.5 Å². The fourth-order valence-corrected chi connectivity index (χ4v) is 2.49. The van der Waals surface area contributed by atoms with Crippen LogP contribution in [0.3, 0.4) is 0 Å². The standard InChI is InChI=1S/C12H11FN2O5S/c1-20-10-5-11(21(2,18)19)7(13)3-6(10)8-4-9(12(16)17)15-14-8/h3-5H,1-2H3,(H,14,15)(H,16,17). The molecule has 0 spiro atoms. The lowest BCUT2D eigenvalue weighted by atomic mass is 10.1. The summed E-state index contributed by atoms with van der Waals surface area (Å²) in [5, 5.41) is 14.8. The molecule has 7 nitrogen and oxygen atoms in total. The highest BCUT2D eigenvalue weighted by Gasteiger charge is 2.20. The van der Waals surface area contributed by atoms with E-state index in [9.17, 15) is 17.6 Å². The van der Waals surface area contributed by atoms with Gasteiger partial charge in [-0.05, 0) is 12.1 Å². The number of rotatable bonds is 4. The molecule has 0 aliphatic carbocycles. The number of H-pyrrole nitrogens is 1. The number of hydrogen-bond acceptors (Lipinski definition) is 5. The Kier molecular flexibility index (Phi) is 3.69. The highest BCUT2D eigenvalue weighted by atomic mass is 32.2. The second-order valence-corrected chi connectivity index (χ2v) is 6.21. The number of aromatic carboxylic acids is 1. The normalized spacial score (nSPS) is 11.4. The van der Waals surface area contributed by atoms with E-state index in [-0.39, 0.29) is 22.7 Å².